The fourth-order valence-electron chi connectivity index (χ4n) is 3.12. The second-order valence-electron chi connectivity index (χ2n) is 5.67. The first-order chi connectivity index (χ1) is 10.7. The largest absolute Gasteiger partial charge is 0.493 e. The Hall–Kier alpha value is -0.970. The second kappa shape index (κ2) is 8.61. The highest BCUT2D eigenvalue weighted by Gasteiger charge is 2.23. The molecule has 5 heteroatoms. The lowest BCUT2D eigenvalue weighted by molar-refractivity contribution is 0.209. The van der Waals surface area contributed by atoms with Crippen molar-refractivity contribution in [2.45, 2.75) is 38.6 Å². The molecule has 1 atom stereocenters. The van der Waals surface area contributed by atoms with Crippen LogP contribution in [0.15, 0.2) is 12.1 Å². The van der Waals surface area contributed by atoms with E-state index in [0.29, 0.717) is 29.7 Å². The van der Waals surface area contributed by atoms with E-state index in [1.165, 1.54) is 25.7 Å². The predicted octanol–water partition coefficient (Wildman–Crippen LogP) is 3.62. The molecule has 22 heavy (non-hydrogen) atoms. The first-order valence-electron chi connectivity index (χ1n) is 8.15. The molecule has 1 aliphatic rings. The average molecular weight is 327 g/mol. The van der Waals surface area contributed by atoms with Gasteiger partial charge in [0.25, 0.3) is 0 Å². The van der Waals surface area contributed by atoms with Gasteiger partial charge >= 0.3 is 0 Å². The number of rotatable bonds is 6. The van der Waals surface area contributed by atoms with Gasteiger partial charge in [-0.3, -0.25) is 4.90 Å². The molecule has 0 amide bonds. The number of ether oxygens (including phenoxy) is 2. The van der Waals surface area contributed by atoms with E-state index >= 15 is 0 Å². The minimum Gasteiger partial charge on any atom is -0.493 e. The van der Waals surface area contributed by atoms with Crippen molar-refractivity contribution >= 4 is 11.6 Å². The van der Waals surface area contributed by atoms with Gasteiger partial charge in [0.2, 0.25) is 0 Å². The van der Waals surface area contributed by atoms with E-state index in [1.807, 2.05) is 19.1 Å². The molecular weight excluding hydrogens is 300 g/mol. The summed E-state index contributed by atoms with van der Waals surface area (Å²) in [4.78, 5) is 2.47. The van der Waals surface area contributed by atoms with Gasteiger partial charge in [-0.1, -0.05) is 24.4 Å². The number of nitrogens with two attached hydrogens (primary N) is 1. The molecule has 1 aliphatic heterocycles. The summed E-state index contributed by atoms with van der Waals surface area (Å²) in [5.41, 5.74) is 7.17. The first kappa shape index (κ1) is 17.4. The number of methoxy groups -OCH3 is 1. The summed E-state index contributed by atoms with van der Waals surface area (Å²) in [6.45, 7) is 5.25. The average Bonchev–Trinajstić information content (AvgIpc) is 2.79. The van der Waals surface area contributed by atoms with E-state index in [0.717, 1.165) is 18.7 Å². The summed E-state index contributed by atoms with van der Waals surface area (Å²) in [5, 5.41) is 0.587. The van der Waals surface area contributed by atoms with Gasteiger partial charge in [-0.2, -0.15) is 0 Å². The Labute approximate surface area is 138 Å². The van der Waals surface area contributed by atoms with E-state index < -0.39 is 0 Å². The maximum atomic E-state index is 6.40. The predicted molar refractivity (Wildman–Crippen MR) is 91.0 cm³/mol. The summed E-state index contributed by atoms with van der Waals surface area (Å²) in [7, 11) is 1.64. The molecule has 1 fully saturated rings. The second-order valence-corrected chi connectivity index (χ2v) is 6.08. The minimum atomic E-state index is 0.181. The van der Waals surface area contributed by atoms with Crippen LogP contribution in [0.2, 0.25) is 5.02 Å². The van der Waals surface area contributed by atoms with E-state index in [1.54, 1.807) is 7.11 Å². The molecular formula is C17H27ClN2O2. The molecule has 124 valence electrons. The molecule has 1 saturated heterocycles. The number of benzene rings is 1. The highest BCUT2D eigenvalue weighted by Crippen LogP contribution is 2.39. The number of likely N-dealkylation sites (tertiary alicyclic amines) is 1. The SMILES string of the molecule is CCOc1c(Cl)cc(C(CN)N2CCCCCC2)cc1OC. The van der Waals surface area contributed by atoms with E-state index in [2.05, 4.69) is 4.90 Å². The molecule has 0 bridgehead atoms. The zero-order chi connectivity index (χ0) is 15.9. The maximum Gasteiger partial charge on any atom is 0.179 e. The van der Waals surface area contributed by atoms with E-state index in [4.69, 9.17) is 26.8 Å². The van der Waals surface area contributed by atoms with Crippen LogP contribution in [-0.4, -0.2) is 38.3 Å². The van der Waals surface area contributed by atoms with Crippen LogP contribution in [0, 0.1) is 0 Å². The van der Waals surface area contributed by atoms with Crippen molar-refractivity contribution in [1.82, 2.24) is 4.90 Å². The Morgan fingerprint density at radius 2 is 1.91 bits per heavy atom. The lowest BCUT2D eigenvalue weighted by atomic mass is 10.0. The standard InChI is InChI=1S/C17H27ClN2O2/c1-3-22-17-14(18)10-13(11-16(17)21-2)15(12-19)20-8-6-4-5-7-9-20/h10-11,15H,3-9,12,19H2,1-2H3. The molecule has 0 saturated carbocycles. The maximum absolute atomic E-state index is 6.40. The van der Waals surface area contributed by atoms with E-state index in [9.17, 15) is 0 Å². The van der Waals surface area contributed by atoms with Crippen LogP contribution in [0.1, 0.15) is 44.2 Å². The van der Waals surface area contributed by atoms with Crippen molar-refractivity contribution in [3.63, 3.8) is 0 Å². The number of hydrogen-bond donors (Lipinski definition) is 1. The van der Waals surface area contributed by atoms with Crippen LogP contribution >= 0.6 is 11.6 Å². The van der Waals surface area contributed by atoms with Crippen LogP contribution in [0.3, 0.4) is 0 Å². The number of nitrogens with zero attached hydrogens (tertiary/aromatic N) is 1. The van der Waals surface area contributed by atoms with Gasteiger partial charge in [0, 0.05) is 12.6 Å². The molecule has 1 aromatic carbocycles. The minimum absolute atomic E-state index is 0.181. The van der Waals surface area contributed by atoms with Crippen LogP contribution in [0.5, 0.6) is 11.5 Å². The Kier molecular flexibility index (Phi) is 6.80. The Morgan fingerprint density at radius 3 is 2.45 bits per heavy atom. The zero-order valence-corrected chi connectivity index (χ0v) is 14.4. The summed E-state index contributed by atoms with van der Waals surface area (Å²) in [5.74, 6) is 1.29. The summed E-state index contributed by atoms with van der Waals surface area (Å²) in [6, 6.07) is 4.16. The Morgan fingerprint density at radius 1 is 1.23 bits per heavy atom. The van der Waals surface area contributed by atoms with Crippen LogP contribution < -0.4 is 15.2 Å². The third-order valence-electron chi connectivity index (χ3n) is 4.23. The summed E-state index contributed by atoms with van der Waals surface area (Å²) in [6.07, 6.45) is 5.08. The molecule has 0 spiro atoms. The fourth-order valence-corrected chi connectivity index (χ4v) is 3.39. The lowest BCUT2D eigenvalue weighted by Gasteiger charge is -2.30. The molecule has 2 N–H and O–H groups in total. The summed E-state index contributed by atoms with van der Waals surface area (Å²) < 4.78 is 11.0. The molecule has 0 radical (unpaired) electrons. The smallest absolute Gasteiger partial charge is 0.179 e. The Bertz CT molecular complexity index is 474. The van der Waals surface area contributed by atoms with Crippen molar-refractivity contribution in [3.8, 4) is 11.5 Å². The van der Waals surface area contributed by atoms with Crippen LogP contribution in [0.4, 0.5) is 0 Å². The van der Waals surface area contributed by atoms with Crippen molar-refractivity contribution in [2.75, 3.05) is 33.4 Å². The number of halogens is 1. The number of hydrogen-bond acceptors (Lipinski definition) is 4. The first-order valence-corrected chi connectivity index (χ1v) is 8.53. The lowest BCUT2D eigenvalue weighted by Crippen LogP contribution is -2.34. The molecule has 0 aromatic heterocycles. The van der Waals surface area contributed by atoms with E-state index in [-0.39, 0.29) is 6.04 Å². The molecule has 1 aromatic rings. The zero-order valence-electron chi connectivity index (χ0n) is 13.6. The van der Waals surface area contributed by atoms with Gasteiger partial charge in [0.05, 0.1) is 18.7 Å². The quantitative estimate of drug-likeness (QED) is 0.867. The van der Waals surface area contributed by atoms with Crippen molar-refractivity contribution < 1.29 is 9.47 Å². The van der Waals surface area contributed by atoms with Crippen LogP contribution in [0.25, 0.3) is 0 Å². The molecule has 1 heterocycles. The van der Waals surface area contributed by atoms with Gasteiger partial charge in [-0.25, -0.2) is 0 Å². The third kappa shape index (κ3) is 4.06. The van der Waals surface area contributed by atoms with Crippen molar-refractivity contribution in [1.29, 1.82) is 0 Å². The van der Waals surface area contributed by atoms with Gasteiger partial charge < -0.3 is 15.2 Å². The highest BCUT2D eigenvalue weighted by atomic mass is 35.5. The summed E-state index contributed by atoms with van der Waals surface area (Å²) >= 11 is 6.40. The Balaban J connectivity index is 2.30. The molecule has 0 aliphatic carbocycles. The molecule has 2 rings (SSSR count). The van der Waals surface area contributed by atoms with Crippen molar-refractivity contribution in [3.05, 3.63) is 22.7 Å². The highest BCUT2D eigenvalue weighted by molar-refractivity contribution is 6.32. The molecule has 4 nitrogen and oxygen atoms in total. The van der Waals surface area contributed by atoms with Gasteiger partial charge in [-0.15, -0.1) is 0 Å². The van der Waals surface area contributed by atoms with Gasteiger partial charge in [0.15, 0.2) is 11.5 Å². The normalized spacial score (nSPS) is 17.8. The topological polar surface area (TPSA) is 47.7 Å². The van der Waals surface area contributed by atoms with Crippen molar-refractivity contribution in [2.24, 2.45) is 5.73 Å². The van der Waals surface area contributed by atoms with Crippen LogP contribution in [-0.2, 0) is 0 Å². The molecule has 1 unspecified atom stereocenters. The third-order valence-corrected chi connectivity index (χ3v) is 4.51. The van der Waals surface area contributed by atoms with Gasteiger partial charge in [-0.05, 0) is 50.6 Å². The fraction of sp³-hybridized carbons (Fsp3) is 0.647. The monoisotopic (exact) mass is 326 g/mol. The van der Waals surface area contributed by atoms with Gasteiger partial charge in [0.1, 0.15) is 0 Å².